The number of rotatable bonds is 5. The fourth-order valence-corrected chi connectivity index (χ4v) is 6.78. The molecule has 9 nitrogen and oxygen atoms in total. The van der Waals surface area contributed by atoms with Crippen molar-refractivity contribution in [3.05, 3.63) is 34.6 Å². The molecule has 0 aromatic heterocycles. The number of ether oxygens (including phenoxy) is 2. The third kappa shape index (κ3) is 3.13. The number of hydrogen-bond acceptors (Lipinski definition) is 8. The van der Waals surface area contributed by atoms with Gasteiger partial charge in [0.1, 0.15) is 11.8 Å². The second kappa shape index (κ2) is 7.61. The van der Waals surface area contributed by atoms with Gasteiger partial charge in [-0.3, -0.25) is 9.69 Å². The summed E-state index contributed by atoms with van der Waals surface area (Å²) < 4.78 is 11.1. The Balaban J connectivity index is 1.41. The number of likely N-dealkylation sites (tertiary alicyclic amines) is 1. The zero-order valence-electron chi connectivity index (χ0n) is 20.0. The summed E-state index contributed by atoms with van der Waals surface area (Å²) in [5.41, 5.74) is -0.583. The molecule has 3 heterocycles. The van der Waals surface area contributed by atoms with E-state index in [2.05, 4.69) is 10.2 Å². The van der Waals surface area contributed by atoms with Crippen LogP contribution < -0.4 is 10.1 Å². The van der Waals surface area contributed by atoms with E-state index >= 15 is 0 Å². The maximum Gasteiger partial charge on any atom is 0.328 e. The van der Waals surface area contributed by atoms with Crippen molar-refractivity contribution in [2.45, 2.75) is 75.2 Å². The summed E-state index contributed by atoms with van der Waals surface area (Å²) in [5, 5.41) is 36.9. The molecule has 5 atom stereocenters. The molecule has 1 amide bonds. The van der Waals surface area contributed by atoms with E-state index in [0.29, 0.717) is 25.2 Å². The maximum absolute atomic E-state index is 13.0. The van der Waals surface area contributed by atoms with E-state index in [0.717, 1.165) is 24.2 Å². The van der Waals surface area contributed by atoms with Crippen molar-refractivity contribution >= 4 is 11.9 Å². The van der Waals surface area contributed by atoms with Crippen LogP contribution in [-0.2, 0) is 26.2 Å². The summed E-state index contributed by atoms with van der Waals surface area (Å²) in [6.45, 7) is 5.17. The van der Waals surface area contributed by atoms with Crippen LogP contribution in [0.3, 0.4) is 0 Å². The number of nitrogens with one attached hydrogen (secondary N) is 1. The highest BCUT2D eigenvalue weighted by Crippen LogP contribution is 2.63. The number of esters is 1. The number of aliphatic hydroxyl groups excluding tert-OH is 1. The van der Waals surface area contributed by atoms with Gasteiger partial charge in [-0.25, -0.2) is 4.79 Å². The Labute approximate surface area is 203 Å². The molecule has 2 bridgehead atoms. The number of aromatic hydroxyl groups is 1. The molecule has 1 saturated carbocycles. The summed E-state index contributed by atoms with van der Waals surface area (Å²) >= 11 is 0. The molecule has 2 aliphatic carbocycles. The first-order chi connectivity index (χ1) is 16.6. The van der Waals surface area contributed by atoms with Crippen molar-refractivity contribution in [2.75, 3.05) is 19.7 Å². The van der Waals surface area contributed by atoms with Crippen LogP contribution in [0.5, 0.6) is 11.5 Å². The monoisotopic (exact) mass is 484 g/mol. The van der Waals surface area contributed by atoms with E-state index in [-0.39, 0.29) is 35.5 Å². The van der Waals surface area contributed by atoms with Crippen LogP contribution in [-0.4, -0.2) is 75.6 Å². The third-order valence-electron chi connectivity index (χ3n) is 8.96. The third-order valence-corrected chi connectivity index (χ3v) is 8.96. The Hall–Kier alpha value is -2.78. The zero-order valence-corrected chi connectivity index (χ0v) is 20.0. The van der Waals surface area contributed by atoms with Gasteiger partial charge in [-0.2, -0.15) is 0 Å². The van der Waals surface area contributed by atoms with Crippen molar-refractivity contribution in [1.29, 1.82) is 0 Å². The lowest BCUT2D eigenvalue weighted by molar-refractivity contribution is -0.153. The molecule has 9 heteroatoms. The van der Waals surface area contributed by atoms with Gasteiger partial charge in [0.05, 0.1) is 23.2 Å². The Morgan fingerprint density at radius 3 is 2.74 bits per heavy atom. The number of amides is 1. The summed E-state index contributed by atoms with van der Waals surface area (Å²) in [6.07, 6.45) is 2.87. The number of cyclic esters (lactones) is 1. The summed E-state index contributed by atoms with van der Waals surface area (Å²) in [7, 11) is 0. The molecule has 3 aliphatic heterocycles. The van der Waals surface area contributed by atoms with Crippen LogP contribution in [0.1, 0.15) is 50.7 Å². The van der Waals surface area contributed by atoms with Crippen molar-refractivity contribution in [3.8, 4) is 11.5 Å². The first-order valence-electron chi connectivity index (χ1n) is 12.5. The number of aliphatic hydroxyl groups is 2. The standard InChI is InChI=1S/C26H32N2O7/c1-13(23(31)27-16-7-10-34-24(16)32)20(30)22-26-8-9-28(12-14-3-4-14)18(25(26,2)33)11-15-5-6-17(29)21(35-22)19(15)26/h5-6,14,16,18,22,29-30,33H,3-4,7-12H2,1-2H3,(H,27,31)/b20-13-/t16-,18-,22+,25-,26+/m1/s1. The van der Waals surface area contributed by atoms with Crippen LogP contribution in [0.4, 0.5) is 0 Å². The zero-order chi connectivity index (χ0) is 24.7. The summed E-state index contributed by atoms with van der Waals surface area (Å²) in [6, 6.07) is 2.54. The number of piperidine rings is 1. The molecule has 35 heavy (non-hydrogen) atoms. The lowest BCUT2D eigenvalue weighted by Gasteiger charge is -2.59. The van der Waals surface area contributed by atoms with E-state index < -0.39 is 35.0 Å². The van der Waals surface area contributed by atoms with Gasteiger partial charge in [0.15, 0.2) is 17.6 Å². The van der Waals surface area contributed by atoms with Crippen molar-refractivity contribution in [2.24, 2.45) is 5.92 Å². The van der Waals surface area contributed by atoms with E-state index in [1.54, 1.807) is 13.0 Å². The minimum absolute atomic E-state index is 0.0104. The quantitative estimate of drug-likeness (QED) is 0.281. The van der Waals surface area contributed by atoms with Gasteiger partial charge in [0.25, 0.3) is 5.91 Å². The van der Waals surface area contributed by atoms with Gasteiger partial charge in [-0.1, -0.05) is 6.07 Å². The summed E-state index contributed by atoms with van der Waals surface area (Å²) in [4.78, 5) is 27.1. The summed E-state index contributed by atoms with van der Waals surface area (Å²) in [5.74, 6) is -0.514. The predicted octanol–water partition coefficient (Wildman–Crippen LogP) is 1.45. The number of hydrogen-bond donors (Lipinski definition) is 4. The predicted molar refractivity (Wildman–Crippen MR) is 124 cm³/mol. The number of nitrogens with zero attached hydrogens (tertiary/aromatic N) is 1. The Morgan fingerprint density at radius 1 is 1.29 bits per heavy atom. The normalized spacial score (nSPS) is 36.2. The fraction of sp³-hybridized carbons (Fsp3) is 0.615. The molecule has 4 N–H and O–H groups in total. The highest BCUT2D eigenvalue weighted by Gasteiger charge is 2.69. The molecule has 1 aromatic rings. The van der Waals surface area contributed by atoms with Gasteiger partial charge in [0.2, 0.25) is 0 Å². The minimum Gasteiger partial charge on any atom is -0.508 e. The first-order valence-corrected chi connectivity index (χ1v) is 12.5. The molecule has 188 valence electrons. The number of phenols is 1. The Morgan fingerprint density at radius 2 is 2.06 bits per heavy atom. The van der Waals surface area contributed by atoms with Crippen molar-refractivity contribution in [1.82, 2.24) is 10.2 Å². The molecular formula is C26H32N2O7. The van der Waals surface area contributed by atoms with Gasteiger partial charge in [-0.05, 0) is 63.6 Å². The number of phenolic OH excluding ortho intramolecular Hbond substituents is 1. The van der Waals surface area contributed by atoms with Crippen LogP contribution >= 0.6 is 0 Å². The molecule has 6 rings (SSSR count). The lowest BCUT2D eigenvalue weighted by atomic mass is 9.53. The van der Waals surface area contributed by atoms with Crippen LogP contribution in [0.25, 0.3) is 0 Å². The SMILES string of the molecule is C/C(C(=O)N[C@@H]1CCOC1=O)=C(/O)[C@@H]1Oc2c(O)ccc3c2[C@@]12CCN(CC1CC1)[C@H](C3)[C@@]2(C)O. The lowest BCUT2D eigenvalue weighted by Crippen LogP contribution is -2.73. The second-order valence-corrected chi connectivity index (χ2v) is 11.0. The van der Waals surface area contributed by atoms with Gasteiger partial charge in [-0.15, -0.1) is 0 Å². The van der Waals surface area contributed by atoms with Crippen LogP contribution in [0.15, 0.2) is 23.5 Å². The Kier molecular flexibility index (Phi) is 4.93. The number of fused-ring (bicyclic) bond motifs is 1. The average Bonchev–Trinajstić information content (AvgIpc) is 3.43. The topological polar surface area (TPSA) is 129 Å². The second-order valence-electron chi connectivity index (χ2n) is 11.0. The minimum atomic E-state index is -1.28. The van der Waals surface area contributed by atoms with E-state index in [1.165, 1.54) is 19.8 Å². The molecule has 0 unspecified atom stereocenters. The number of carbonyl (C=O) groups excluding carboxylic acids is 2. The van der Waals surface area contributed by atoms with Gasteiger partial charge >= 0.3 is 5.97 Å². The molecular weight excluding hydrogens is 452 g/mol. The number of carbonyl (C=O) groups is 2. The Bertz CT molecular complexity index is 1140. The van der Waals surface area contributed by atoms with Crippen molar-refractivity contribution < 1.29 is 34.4 Å². The highest BCUT2D eigenvalue weighted by molar-refractivity contribution is 5.96. The largest absolute Gasteiger partial charge is 0.508 e. The van der Waals surface area contributed by atoms with E-state index in [1.807, 2.05) is 6.07 Å². The van der Waals surface area contributed by atoms with E-state index in [4.69, 9.17) is 9.47 Å². The smallest absolute Gasteiger partial charge is 0.328 e. The number of benzene rings is 1. The maximum atomic E-state index is 13.0. The molecule has 2 saturated heterocycles. The van der Waals surface area contributed by atoms with E-state index in [9.17, 15) is 24.9 Å². The molecule has 0 radical (unpaired) electrons. The van der Waals surface area contributed by atoms with Gasteiger partial charge < -0.3 is 30.1 Å². The highest BCUT2D eigenvalue weighted by atomic mass is 16.5. The molecule has 1 spiro atoms. The van der Waals surface area contributed by atoms with Crippen LogP contribution in [0.2, 0.25) is 0 Å². The van der Waals surface area contributed by atoms with Crippen LogP contribution in [0, 0.1) is 5.92 Å². The molecule has 3 fully saturated rings. The average molecular weight is 485 g/mol. The fourth-order valence-electron chi connectivity index (χ4n) is 6.78. The first kappa shape index (κ1) is 22.7. The van der Waals surface area contributed by atoms with Crippen molar-refractivity contribution in [3.63, 3.8) is 0 Å². The van der Waals surface area contributed by atoms with Gasteiger partial charge in [0, 0.05) is 24.6 Å². The molecule has 1 aromatic carbocycles. The molecule has 5 aliphatic rings.